The van der Waals surface area contributed by atoms with Gasteiger partial charge in [-0.2, -0.15) is 0 Å². The highest BCUT2D eigenvalue weighted by Gasteiger charge is 2.13. The van der Waals surface area contributed by atoms with E-state index in [0.717, 1.165) is 0 Å². The molecule has 0 fully saturated rings. The summed E-state index contributed by atoms with van der Waals surface area (Å²) >= 11 is 0. The first-order valence-corrected chi connectivity index (χ1v) is 5.58. The van der Waals surface area contributed by atoms with Crippen molar-refractivity contribution in [3.8, 4) is 5.75 Å². The van der Waals surface area contributed by atoms with Gasteiger partial charge in [0, 0.05) is 11.6 Å². The van der Waals surface area contributed by atoms with Crippen LogP contribution in [-0.4, -0.2) is 23.8 Å². The van der Waals surface area contributed by atoms with Gasteiger partial charge in [-0.05, 0) is 32.0 Å². The summed E-state index contributed by atoms with van der Waals surface area (Å²) in [6.07, 6.45) is -1.49. The quantitative estimate of drug-likeness (QED) is 0.777. The summed E-state index contributed by atoms with van der Waals surface area (Å²) in [5, 5.41) is 10.7. The monoisotopic (exact) mass is 292 g/mol. The molecule has 0 heterocycles. The second-order valence-corrected chi connectivity index (χ2v) is 4.09. The minimum Gasteiger partial charge on any atom is -0.489 e. The highest BCUT2D eigenvalue weighted by Crippen LogP contribution is 2.25. The van der Waals surface area contributed by atoms with E-state index in [9.17, 15) is 9.18 Å². The topological polar surface area (TPSA) is 84.6 Å². The lowest BCUT2D eigenvalue weighted by molar-refractivity contribution is 0.178. The maximum atomic E-state index is 13.1. The van der Waals surface area contributed by atoms with Gasteiger partial charge >= 0.3 is 6.09 Å². The molecule has 0 saturated heterocycles. The number of amides is 1. The molecular weight excluding hydrogens is 275 g/mol. The number of halogens is 2. The number of hydrogen-bond acceptors (Lipinski definition) is 3. The number of carboxylic acid groups (broad SMARTS) is 1. The molecule has 1 aromatic carbocycles. The number of nitrogens with one attached hydrogen (secondary N) is 1. The van der Waals surface area contributed by atoms with Gasteiger partial charge in [0.25, 0.3) is 0 Å². The van der Waals surface area contributed by atoms with Crippen LogP contribution in [0.25, 0.3) is 0 Å². The van der Waals surface area contributed by atoms with Gasteiger partial charge in [0.05, 0.1) is 6.54 Å². The lowest BCUT2D eigenvalue weighted by Crippen LogP contribution is -2.32. The minimum atomic E-state index is -1.11. The van der Waals surface area contributed by atoms with Crippen molar-refractivity contribution in [2.24, 2.45) is 5.73 Å². The van der Waals surface area contributed by atoms with Gasteiger partial charge in [0.2, 0.25) is 0 Å². The molecule has 4 N–H and O–H groups in total. The van der Waals surface area contributed by atoms with Crippen molar-refractivity contribution in [2.45, 2.75) is 26.0 Å². The van der Waals surface area contributed by atoms with Crippen LogP contribution in [0.4, 0.5) is 9.18 Å². The van der Waals surface area contributed by atoms with Gasteiger partial charge in [-0.15, -0.1) is 12.4 Å². The predicted molar refractivity (Wildman–Crippen MR) is 72.4 cm³/mol. The fraction of sp³-hybridized carbons (Fsp3) is 0.417. The van der Waals surface area contributed by atoms with Crippen LogP contribution in [0, 0.1) is 5.82 Å². The van der Waals surface area contributed by atoms with Gasteiger partial charge in [-0.25, -0.2) is 9.18 Å². The van der Waals surface area contributed by atoms with Crippen molar-refractivity contribution >= 4 is 18.5 Å². The second kappa shape index (κ2) is 7.81. The van der Waals surface area contributed by atoms with Crippen molar-refractivity contribution in [1.29, 1.82) is 0 Å². The number of benzene rings is 1. The first kappa shape index (κ1) is 17.5. The average molecular weight is 293 g/mol. The molecule has 0 bridgehead atoms. The Balaban J connectivity index is 0.00000324. The molecular formula is C12H18ClFN2O3. The summed E-state index contributed by atoms with van der Waals surface area (Å²) in [5.74, 6) is 0.0806. The SMILES string of the molecule is CC(CNC(=O)O)Oc1ccc(F)cc1[C@@H](C)N.Cl. The molecule has 1 rings (SSSR count). The van der Waals surface area contributed by atoms with E-state index in [2.05, 4.69) is 5.32 Å². The van der Waals surface area contributed by atoms with E-state index in [1.165, 1.54) is 18.2 Å². The van der Waals surface area contributed by atoms with Crippen LogP contribution in [0.5, 0.6) is 5.75 Å². The van der Waals surface area contributed by atoms with E-state index < -0.39 is 6.09 Å². The molecule has 19 heavy (non-hydrogen) atoms. The average Bonchev–Trinajstić information content (AvgIpc) is 2.28. The second-order valence-electron chi connectivity index (χ2n) is 4.09. The third-order valence-electron chi connectivity index (χ3n) is 2.33. The van der Waals surface area contributed by atoms with E-state index >= 15 is 0 Å². The van der Waals surface area contributed by atoms with E-state index in [0.29, 0.717) is 11.3 Å². The number of rotatable bonds is 5. The Morgan fingerprint density at radius 1 is 1.53 bits per heavy atom. The Morgan fingerprint density at radius 3 is 2.68 bits per heavy atom. The molecule has 108 valence electrons. The molecule has 1 unspecified atom stereocenters. The fourth-order valence-electron chi connectivity index (χ4n) is 1.47. The molecule has 0 aliphatic rings. The van der Waals surface area contributed by atoms with Gasteiger partial charge in [0.1, 0.15) is 17.7 Å². The zero-order valence-corrected chi connectivity index (χ0v) is 11.5. The summed E-state index contributed by atoms with van der Waals surface area (Å²) in [5.41, 5.74) is 6.28. The van der Waals surface area contributed by atoms with Gasteiger partial charge in [-0.3, -0.25) is 0 Å². The van der Waals surface area contributed by atoms with Crippen LogP contribution >= 0.6 is 12.4 Å². The van der Waals surface area contributed by atoms with E-state index in [1.807, 2.05) is 0 Å². The number of nitrogens with two attached hydrogens (primary N) is 1. The normalized spacial score (nSPS) is 13.1. The van der Waals surface area contributed by atoms with Gasteiger partial charge < -0.3 is 20.9 Å². The van der Waals surface area contributed by atoms with Gasteiger partial charge in [0.15, 0.2) is 0 Å². The molecule has 2 atom stereocenters. The first-order chi connectivity index (χ1) is 8.40. The van der Waals surface area contributed by atoms with Crippen molar-refractivity contribution in [3.05, 3.63) is 29.6 Å². The maximum Gasteiger partial charge on any atom is 0.404 e. The van der Waals surface area contributed by atoms with Crippen LogP contribution in [0.1, 0.15) is 25.5 Å². The van der Waals surface area contributed by atoms with E-state index in [-0.39, 0.29) is 36.9 Å². The van der Waals surface area contributed by atoms with Crippen LogP contribution in [0.2, 0.25) is 0 Å². The summed E-state index contributed by atoms with van der Waals surface area (Å²) < 4.78 is 18.6. The standard InChI is InChI=1S/C12H17FN2O3.ClH/c1-7(6-15-12(16)17)18-11-4-3-9(13)5-10(11)8(2)14;/h3-5,7-8,15H,6,14H2,1-2H3,(H,16,17);1H/t7?,8-;/m1./s1. The highest BCUT2D eigenvalue weighted by atomic mass is 35.5. The van der Waals surface area contributed by atoms with Crippen LogP contribution in [0.3, 0.4) is 0 Å². The Bertz CT molecular complexity index is 429. The molecule has 0 saturated carbocycles. The van der Waals surface area contributed by atoms with Gasteiger partial charge in [-0.1, -0.05) is 0 Å². The number of hydrogen-bond donors (Lipinski definition) is 3. The Hall–Kier alpha value is -1.53. The van der Waals surface area contributed by atoms with Crippen LogP contribution < -0.4 is 15.8 Å². The third kappa shape index (κ3) is 5.76. The predicted octanol–water partition coefficient (Wildman–Crippen LogP) is 2.30. The highest BCUT2D eigenvalue weighted by molar-refractivity contribution is 5.85. The molecule has 7 heteroatoms. The summed E-state index contributed by atoms with van der Waals surface area (Å²) in [6, 6.07) is 3.72. The van der Waals surface area contributed by atoms with Crippen molar-refractivity contribution in [3.63, 3.8) is 0 Å². The van der Waals surface area contributed by atoms with Crippen molar-refractivity contribution < 1.29 is 19.0 Å². The minimum absolute atomic E-state index is 0. The fourth-order valence-corrected chi connectivity index (χ4v) is 1.47. The lowest BCUT2D eigenvalue weighted by Gasteiger charge is -2.19. The smallest absolute Gasteiger partial charge is 0.404 e. The molecule has 5 nitrogen and oxygen atoms in total. The first-order valence-electron chi connectivity index (χ1n) is 5.58. The summed E-state index contributed by atoms with van der Waals surface area (Å²) in [7, 11) is 0. The Kier molecular flexibility index (Phi) is 7.18. The molecule has 1 amide bonds. The molecule has 0 spiro atoms. The zero-order valence-electron chi connectivity index (χ0n) is 10.7. The Labute approximate surface area is 117 Å². The Morgan fingerprint density at radius 2 is 2.16 bits per heavy atom. The number of ether oxygens (including phenoxy) is 1. The molecule has 0 radical (unpaired) electrons. The van der Waals surface area contributed by atoms with Crippen LogP contribution in [0.15, 0.2) is 18.2 Å². The summed E-state index contributed by atoms with van der Waals surface area (Å²) in [4.78, 5) is 10.3. The van der Waals surface area contributed by atoms with Crippen LogP contribution in [-0.2, 0) is 0 Å². The maximum absolute atomic E-state index is 13.1. The zero-order chi connectivity index (χ0) is 13.7. The molecule has 0 aliphatic carbocycles. The number of carbonyl (C=O) groups is 1. The third-order valence-corrected chi connectivity index (χ3v) is 2.33. The van der Waals surface area contributed by atoms with E-state index in [4.69, 9.17) is 15.6 Å². The molecule has 0 aromatic heterocycles. The molecule has 1 aromatic rings. The largest absolute Gasteiger partial charge is 0.489 e. The van der Waals surface area contributed by atoms with E-state index in [1.54, 1.807) is 13.8 Å². The molecule has 0 aliphatic heterocycles. The van der Waals surface area contributed by atoms with Crippen molar-refractivity contribution in [1.82, 2.24) is 5.32 Å². The van der Waals surface area contributed by atoms with Crippen molar-refractivity contribution in [2.75, 3.05) is 6.54 Å². The summed E-state index contributed by atoms with van der Waals surface area (Å²) in [6.45, 7) is 3.58. The lowest BCUT2D eigenvalue weighted by atomic mass is 10.1.